The van der Waals surface area contributed by atoms with Gasteiger partial charge in [-0.05, 0) is 30.0 Å². The van der Waals surface area contributed by atoms with E-state index in [4.69, 9.17) is 9.72 Å². The average Bonchev–Trinajstić information content (AvgIpc) is 2.59. The Labute approximate surface area is 131 Å². The van der Waals surface area contributed by atoms with Crippen molar-refractivity contribution in [3.05, 3.63) is 54.5 Å². The lowest BCUT2D eigenvalue weighted by Gasteiger charge is -2.10. The minimum Gasteiger partial charge on any atom is -0.496 e. The van der Waals surface area contributed by atoms with E-state index in [0.29, 0.717) is 0 Å². The molecule has 3 rings (SSSR count). The predicted molar refractivity (Wildman–Crippen MR) is 90.1 cm³/mol. The summed E-state index contributed by atoms with van der Waals surface area (Å²) < 4.78 is 5.46. The molecule has 0 saturated heterocycles. The third kappa shape index (κ3) is 2.80. The molecule has 22 heavy (non-hydrogen) atoms. The zero-order valence-electron chi connectivity index (χ0n) is 13.0. The van der Waals surface area contributed by atoms with Crippen LogP contribution in [0.1, 0.15) is 25.6 Å². The Morgan fingerprint density at radius 1 is 1.00 bits per heavy atom. The molecule has 0 atom stereocenters. The van der Waals surface area contributed by atoms with E-state index < -0.39 is 0 Å². The Kier molecular flexibility index (Phi) is 4.33. The molecule has 2 aromatic carbocycles. The Balaban J connectivity index is 2.10. The average molecular weight is 292 g/mol. The molecule has 1 heterocycles. The number of methoxy groups -OCH3 is 1. The number of benzene rings is 2. The van der Waals surface area contributed by atoms with E-state index in [2.05, 4.69) is 30.1 Å². The molecule has 3 nitrogen and oxygen atoms in total. The number of nitrogens with zero attached hydrogens (tertiary/aromatic N) is 2. The van der Waals surface area contributed by atoms with E-state index in [-0.39, 0.29) is 0 Å². The smallest absolute Gasteiger partial charge is 0.128 e. The number of hydrogen-bond donors (Lipinski definition) is 0. The van der Waals surface area contributed by atoms with E-state index in [0.717, 1.165) is 52.9 Å². The van der Waals surface area contributed by atoms with Gasteiger partial charge in [-0.1, -0.05) is 37.6 Å². The molecule has 0 aliphatic carbocycles. The molecule has 0 fully saturated rings. The zero-order chi connectivity index (χ0) is 15.4. The van der Waals surface area contributed by atoms with Gasteiger partial charge in [0.15, 0.2) is 0 Å². The molecule has 1 aromatic heterocycles. The van der Waals surface area contributed by atoms with Crippen LogP contribution < -0.4 is 4.74 Å². The van der Waals surface area contributed by atoms with Gasteiger partial charge < -0.3 is 4.74 Å². The van der Waals surface area contributed by atoms with Gasteiger partial charge in [-0.2, -0.15) is 0 Å². The van der Waals surface area contributed by atoms with Gasteiger partial charge in [0, 0.05) is 23.6 Å². The third-order valence-corrected chi connectivity index (χ3v) is 3.84. The van der Waals surface area contributed by atoms with Crippen molar-refractivity contribution >= 4 is 10.8 Å². The predicted octanol–water partition coefficient (Wildman–Crippen LogP) is 4.65. The van der Waals surface area contributed by atoms with E-state index in [1.165, 1.54) is 0 Å². The first kappa shape index (κ1) is 14.5. The lowest BCUT2D eigenvalue weighted by molar-refractivity contribution is 0.420. The monoisotopic (exact) mass is 292 g/mol. The molecule has 0 amide bonds. The summed E-state index contributed by atoms with van der Waals surface area (Å²) in [5.74, 6) is 1.80. The highest BCUT2D eigenvalue weighted by molar-refractivity contribution is 5.99. The van der Waals surface area contributed by atoms with E-state index in [9.17, 15) is 0 Å². The number of rotatable bonds is 5. The molecule has 3 heteroatoms. The van der Waals surface area contributed by atoms with Crippen LogP contribution in [0.3, 0.4) is 0 Å². The lowest BCUT2D eigenvalue weighted by Crippen LogP contribution is -1.97. The van der Waals surface area contributed by atoms with E-state index >= 15 is 0 Å². The fraction of sp³-hybridized carbons (Fsp3) is 0.263. The minimum atomic E-state index is 0.889. The van der Waals surface area contributed by atoms with Crippen LogP contribution >= 0.6 is 0 Å². The maximum absolute atomic E-state index is 5.46. The highest BCUT2D eigenvalue weighted by Crippen LogP contribution is 2.33. The maximum atomic E-state index is 5.46. The van der Waals surface area contributed by atoms with Gasteiger partial charge in [0.25, 0.3) is 0 Å². The zero-order valence-corrected chi connectivity index (χ0v) is 13.0. The third-order valence-electron chi connectivity index (χ3n) is 3.84. The molecular formula is C19H20N2O. The largest absolute Gasteiger partial charge is 0.496 e. The van der Waals surface area contributed by atoms with Crippen molar-refractivity contribution in [3.63, 3.8) is 0 Å². The van der Waals surface area contributed by atoms with Crippen LogP contribution in [-0.2, 0) is 6.42 Å². The number of unbranched alkanes of at least 4 members (excludes halogenated alkanes) is 1. The lowest BCUT2D eigenvalue weighted by atomic mass is 10.0. The summed E-state index contributed by atoms with van der Waals surface area (Å²) in [6, 6.07) is 14.3. The molecule has 0 aliphatic rings. The van der Waals surface area contributed by atoms with Crippen LogP contribution in [0.15, 0.2) is 48.7 Å². The topological polar surface area (TPSA) is 35.0 Å². The first-order valence-corrected chi connectivity index (χ1v) is 7.71. The summed E-state index contributed by atoms with van der Waals surface area (Å²) in [4.78, 5) is 9.11. The van der Waals surface area contributed by atoms with Gasteiger partial charge in [0.05, 0.1) is 12.8 Å². The Bertz CT molecular complexity index is 783. The summed E-state index contributed by atoms with van der Waals surface area (Å²) in [6.45, 7) is 2.18. The van der Waals surface area contributed by atoms with Gasteiger partial charge in [0.1, 0.15) is 11.6 Å². The van der Waals surface area contributed by atoms with Gasteiger partial charge in [-0.3, -0.25) is 0 Å². The second-order valence-electron chi connectivity index (χ2n) is 5.32. The number of hydrogen-bond acceptors (Lipinski definition) is 3. The highest BCUT2D eigenvalue weighted by atomic mass is 16.5. The Morgan fingerprint density at radius 2 is 1.82 bits per heavy atom. The first-order chi connectivity index (χ1) is 10.8. The van der Waals surface area contributed by atoms with Gasteiger partial charge >= 0.3 is 0 Å². The van der Waals surface area contributed by atoms with Crippen LogP contribution in [-0.4, -0.2) is 17.1 Å². The van der Waals surface area contributed by atoms with E-state index in [1.54, 1.807) is 7.11 Å². The summed E-state index contributed by atoms with van der Waals surface area (Å²) >= 11 is 0. The van der Waals surface area contributed by atoms with Crippen LogP contribution in [0.25, 0.3) is 22.0 Å². The van der Waals surface area contributed by atoms with Crippen LogP contribution in [0.5, 0.6) is 5.75 Å². The van der Waals surface area contributed by atoms with Crippen LogP contribution in [0.2, 0.25) is 0 Å². The Morgan fingerprint density at radius 3 is 2.59 bits per heavy atom. The molecular weight excluding hydrogens is 272 g/mol. The molecule has 0 saturated carbocycles. The van der Waals surface area contributed by atoms with Gasteiger partial charge in [0.2, 0.25) is 0 Å². The molecule has 0 bridgehead atoms. The quantitative estimate of drug-likeness (QED) is 0.686. The van der Waals surface area contributed by atoms with Crippen LogP contribution in [0, 0.1) is 0 Å². The summed E-state index contributed by atoms with van der Waals surface area (Å²) in [6.07, 6.45) is 5.05. The highest BCUT2D eigenvalue weighted by Gasteiger charge is 2.09. The van der Waals surface area contributed by atoms with Gasteiger partial charge in [-0.15, -0.1) is 0 Å². The molecule has 0 unspecified atom stereocenters. The van der Waals surface area contributed by atoms with Crippen molar-refractivity contribution in [1.29, 1.82) is 0 Å². The molecule has 112 valence electrons. The second kappa shape index (κ2) is 6.56. The van der Waals surface area contributed by atoms with Gasteiger partial charge in [-0.25, -0.2) is 9.97 Å². The van der Waals surface area contributed by atoms with Crippen molar-refractivity contribution in [1.82, 2.24) is 9.97 Å². The number of aryl methyl sites for hydroxylation is 1. The summed E-state index contributed by atoms with van der Waals surface area (Å²) in [5.41, 5.74) is 2.09. The molecule has 0 spiro atoms. The summed E-state index contributed by atoms with van der Waals surface area (Å²) in [7, 11) is 1.70. The van der Waals surface area contributed by atoms with Crippen LogP contribution in [0.4, 0.5) is 0 Å². The van der Waals surface area contributed by atoms with Crippen molar-refractivity contribution in [2.45, 2.75) is 26.2 Å². The Hall–Kier alpha value is -2.42. The van der Waals surface area contributed by atoms with Crippen molar-refractivity contribution in [2.75, 3.05) is 7.11 Å². The number of fused-ring (bicyclic) bond motifs is 1. The normalized spacial score (nSPS) is 10.8. The molecule has 0 aliphatic heterocycles. The second-order valence-corrected chi connectivity index (χ2v) is 5.32. The minimum absolute atomic E-state index is 0.889. The molecule has 3 aromatic rings. The fourth-order valence-corrected chi connectivity index (χ4v) is 2.68. The number of ether oxygens (including phenoxy) is 1. The fourth-order valence-electron chi connectivity index (χ4n) is 2.68. The number of aromatic nitrogens is 2. The first-order valence-electron chi connectivity index (χ1n) is 7.71. The molecule has 0 radical (unpaired) electrons. The standard InChI is InChI=1S/C19H20N2O/c1-3-4-9-19-20-13-12-17(21-19)15-10-11-18(22-2)16-8-6-5-7-14(15)16/h5-8,10-13H,3-4,9H2,1-2H3. The maximum Gasteiger partial charge on any atom is 0.128 e. The van der Waals surface area contributed by atoms with Crippen molar-refractivity contribution < 1.29 is 4.74 Å². The van der Waals surface area contributed by atoms with E-state index in [1.807, 2.05) is 30.5 Å². The van der Waals surface area contributed by atoms with Crippen molar-refractivity contribution in [2.24, 2.45) is 0 Å². The summed E-state index contributed by atoms with van der Waals surface area (Å²) in [5, 5.41) is 2.26. The van der Waals surface area contributed by atoms with Crippen molar-refractivity contribution in [3.8, 4) is 17.0 Å². The molecule has 0 N–H and O–H groups in total. The SMILES string of the molecule is CCCCc1nccc(-c2ccc(OC)c3ccccc23)n1.